The van der Waals surface area contributed by atoms with Crippen molar-refractivity contribution in [1.82, 2.24) is 0 Å². The fraction of sp³-hybridized carbons (Fsp3) is 0.571. The van der Waals surface area contributed by atoms with Gasteiger partial charge in [-0.2, -0.15) is 0 Å². The molecule has 7 atom stereocenters. The topological polar surface area (TPSA) is 91.3 Å². The predicted octanol–water partition coefficient (Wildman–Crippen LogP) is 9.92. The smallest absolute Gasteiger partial charge is 0.308 e. The number of allylic oxidation sites excluding steroid dienone is 1. The maximum Gasteiger partial charge on any atom is 0.308 e. The van der Waals surface area contributed by atoms with Gasteiger partial charge >= 0.3 is 17.9 Å². The molecule has 6 rings (SSSR count). The summed E-state index contributed by atoms with van der Waals surface area (Å²) in [6, 6.07) is 9.61. The summed E-state index contributed by atoms with van der Waals surface area (Å²) >= 11 is 1.73. The molecule has 2 aromatic rings. The zero-order valence-corrected chi connectivity index (χ0v) is 32.3. The molecule has 0 spiro atoms. The Bertz CT molecular complexity index is 1800. The molecular weight excluding hydrogens is 647 g/mol. The lowest BCUT2D eigenvalue weighted by Gasteiger charge is -2.70. The highest BCUT2D eigenvalue weighted by molar-refractivity contribution is 7.99. The molecule has 0 aromatic heterocycles. The van der Waals surface area contributed by atoms with Gasteiger partial charge in [-0.25, -0.2) is 0 Å². The van der Waals surface area contributed by atoms with Crippen LogP contribution in [0.25, 0.3) is 0 Å². The van der Waals surface area contributed by atoms with E-state index in [0.29, 0.717) is 17.4 Å². The zero-order valence-electron chi connectivity index (χ0n) is 31.5. The number of carbonyl (C=O) groups excluding carboxylic acids is 3. The van der Waals surface area contributed by atoms with Gasteiger partial charge in [0, 0.05) is 55.3 Å². The molecule has 0 N–H and O–H groups in total. The van der Waals surface area contributed by atoms with E-state index < -0.39 is 11.9 Å². The molecule has 0 heterocycles. The van der Waals surface area contributed by atoms with Crippen LogP contribution >= 0.6 is 11.8 Å². The summed E-state index contributed by atoms with van der Waals surface area (Å²) in [5.41, 5.74) is 4.55. The summed E-state index contributed by atoms with van der Waals surface area (Å²) in [6.07, 6.45) is 12.6. The fourth-order valence-corrected chi connectivity index (χ4v) is 11.8. The van der Waals surface area contributed by atoms with E-state index in [1.807, 2.05) is 44.3 Å². The van der Waals surface area contributed by atoms with Gasteiger partial charge in [0.05, 0.1) is 5.25 Å². The van der Waals surface area contributed by atoms with E-state index in [0.717, 1.165) is 47.3 Å². The van der Waals surface area contributed by atoms with Crippen LogP contribution in [0, 0.1) is 34.5 Å². The highest BCUT2D eigenvalue weighted by Gasteiger charge is 2.66. The Labute approximate surface area is 302 Å². The van der Waals surface area contributed by atoms with E-state index in [-0.39, 0.29) is 44.0 Å². The van der Waals surface area contributed by atoms with Crippen LogP contribution in [-0.2, 0) is 19.8 Å². The first kappa shape index (κ1) is 36.4. The second-order valence-electron chi connectivity index (χ2n) is 16.7. The summed E-state index contributed by atoms with van der Waals surface area (Å²) in [5.74, 6) is 0.346. The van der Waals surface area contributed by atoms with Gasteiger partial charge in [0.1, 0.15) is 5.75 Å². The van der Waals surface area contributed by atoms with E-state index in [4.69, 9.17) is 14.2 Å². The molecule has 0 aliphatic heterocycles. The SMILES string of the molecule is C/N=C\[C@]1(C)CC[C@]2(C)CC[C@]3(C)C4=CC(Sc5ccc(OC(C)=O)cc5)c5c(cc(OC(C)=O)c(OC(C)=O)c5C)[C@]4(C)CC[C@@]3(C)[C@@H]2C1. The van der Waals surface area contributed by atoms with E-state index >= 15 is 0 Å². The normalized spacial score (nSPS) is 34.4. The number of fused-ring (bicyclic) bond motifs is 7. The van der Waals surface area contributed by atoms with E-state index in [1.165, 1.54) is 45.6 Å². The first-order valence-corrected chi connectivity index (χ1v) is 18.9. The molecule has 0 amide bonds. The third-order valence-electron chi connectivity index (χ3n) is 13.4. The lowest BCUT2D eigenvalue weighted by molar-refractivity contribution is -0.150. The van der Waals surface area contributed by atoms with Crippen LogP contribution in [0.5, 0.6) is 17.2 Å². The van der Waals surface area contributed by atoms with Crippen molar-refractivity contribution in [1.29, 1.82) is 0 Å². The number of rotatable bonds is 6. The minimum absolute atomic E-state index is 0.0679. The second-order valence-corrected chi connectivity index (χ2v) is 17.9. The lowest BCUT2D eigenvalue weighted by atomic mass is 9.34. The largest absolute Gasteiger partial charge is 0.427 e. The molecule has 8 heteroatoms. The summed E-state index contributed by atoms with van der Waals surface area (Å²) in [7, 11) is 1.91. The third-order valence-corrected chi connectivity index (χ3v) is 14.5. The van der Waals surface area contributed by atoms with Crippen molar-refractivity contribution >= 4 is 35.9 Å². The Balaban J connectivity index is 1.54. The van der Waals surface area contributed by atoms with Crippen molar-refractivity contribution in [2.75, 3.05) is 7.05 Å². The zero-order chi connectivity index (χ0) is 36.4. The van der Waals surface area contributed by atoms with Gasteiger partial charge in [-0.15, -0.1) is 11.8 Å². The van der Waals surface area contributed by atoms with Crippen LogP contribution in [-0.4, -0.2) is 31.2 Å². The van der Waals surface area contributed by atoms with E-state index in [2.05, 4.69) is 51.9 Å². The first-order valence-electron chi connectivity index (χ1n) is 18.0. The molecule has 50 heavy (non-hydrogen) atoms. The lowest BCUT2D eigenvalue weighted by Crippen LogP contribution is -2.62. The predicted molar refractivity (Wildman–Crippen MR) is 198 cm³/mol. The maximum absolute atomic E-state index is 12.4. The van der Waals surface area contributed by atoms with Crippen molar-refractivity contribution in [3.8, 4) is 17.2 Å². The van der Waals surface area contributed by atoms with Crippen molar-refractivity contribution < 1.29 is 28.6 Å². The van der Waals surface area contributed by atoms with Crippen molar-refractivity contribution in [2.45, 2.75) is 123 Å². The van der Waals surface area contributed by atoms with Crippen LogP contribution in [0.2, 0.25) is 0 Å². The molecule has 1 unspecified atom stereocenters. The van der Waals surface area contributed by atoms with E-state index in [1.54, 1.807) is 11.8 Å². The number of esters is 3. The number of hydrogen-bond donors (Lipinski definition) is 0. The Morgan fingerprint density at radius 3 is 2.10 bits per heavy atom. The molecule has 0 radical (unpaired) electrons. The van der Waals surface area contributed by atoms with Crippen LogP contribution in [0.15, 0.2) is 51.9 Å². The van der Waals surface area contributed by atoms with Gasteiger partial charge in [-0.05, 0) is 115 Å². The molecule has 4 aliphatic rings. The maximum atomic E-state index is 12.4. The Kier molecular flexibility index (Phi) is 9.23. The minimum atomic E-state index is -0.469. The summed E-state index contributed by atoms with van der Waals surface area (Å²) in [4.78, 5) is 42.0. The number of ether oxygens (including phenoxy) is 3. The Hall–Kier alpha value is -3.39. The van der Waals surface area contributed by atoms with Gasteiger partial charge < -0.3 is 19.2 Å². The average Bonchev–Trinajstić information content (AvgIpc) is 3.03. The van der Waals surface area contributed by atoms with Crippen LogP contribution < -0.4 is 14.2 Å². The standard InChI is InChI=1S/C42H53NO6S/c1-25-36-31(21-32(48-27(3)45)37(25)49-28(4)46)40(7)18-20-42(9)35-23-38(5,24-43-10)15-16-39(35,6)17-19-41(42,8)34(40)22-33(36)50-30-13-11-29(12-14-30)47-26(2)44/h11-14,21-22,24,33,35H,15-20,23H2,1-10H3/b43-24-/t33?,35-,38-,39-,40+,41-,42+/m1/s1. The highest BCUT2D eigenvalue weighted by atomic mass is 32.2. The van der Waals surface area contributed by atoms with Gasteiger partial charge in [0.15, 0.2) is 11.5 Å². The molecule has 3 saturated carbocycles. The molecule has 0 saturated heterocycles. The minimum Gasteiger partial charge on any atom is -0.427 e. The Morgan fingerprint density at radius 2 is 1.48 bits per heavy atom. The molecule has 268 valence electrons. The van der Waals surface area contributed by atoms with Crippen molar-refractivity contribution in [3.63, 3.8) is 0 Å². The molecule has 0 bridgehead atoms. The first-order chi connectivity index (χ1) is 23.4. The second kappa shape index (κ2) is 12.7. The van der Waals surface area contributed by atoms with Gasteiger partial charge in [-0.1, -0.05) is 46.3 Å². The summed E-state index contributed by atoms with van der Waals surface area (Å²) in [5, 5.41) is -0.107. The van der Waals surface area contributed by atoms with Gasteiger partial charge in [-0.3, -0.25) is 14.4 Å². The highest BCUT2D eigenvalue weighted by Crippen LogP contribution is 2.75. The average molecular weight is 700 g/mol. The van der Waals surface area contributed by atoms with Gasteiger partial charge in [0.25, 0.3) is 0 Å². The Morgan fingerprint density at radius 1 is 0.840 bits per heavy atom. The van der Waals surface area contributed by atoms with Crippen LogP contribution in [0.3, 0.4) is 0 Å². The molecule has 3 fully saturated rings. The molecule has 4 aliphatic carbocycles. The monoisotopic (exact) mass is 699 g/mol. The molecule has 2 aromatic carbocycles. The summed E-state index contributed by atoms with van der Waals surface area (Å²) < 4.78 is 16.9. The third kappa shape index (κ3) is 5.93. The van der Waals surface area contributed by atoms with Crippen LogP contribution in [0.4, 0.5) is 0 Å². The number of hydrogen-bond acceptors (Lipinski definition) is 8. The fourth-order valence-electron chi connectivity index (χ4n) is 10.6. The molecule has 7 nitrogen and oxygen atoms in total. The van der Waals surface area contributed by atoms with Crippen LogP contribution in [0.1, 0.15) is 122 Å². The van der Waals surface area contributed by atoms with E-state index in [9.17, 15) is 14.4 Å². The number of thioether (sulfide) groups is 1. The van der Waals surface area contributed by atoms with Crippen molar-refractivity contribution in [3.05, 3.63) is 58.7 Å². The quantitative estimate of drug-likeness (QED) is 0.128. The summed E-state index contributed by atoms with van der Waals surface area (Å²) in [6.45, 7) is 18.6. The van der Waals surface area contributed by atoms with Crippen molar-refractivity contribution in [2.24, 2.45) is 32.6 Å². The number of benzene rings is 2. The number of carbonyl (C=O) groups is 3. The van der Waals surface area contributed by atoms with Gasteiger partial charge in [0.2, 0.25) is 0 Å². The molecular formula is C42H53NO6S. The number of nitrogens with zero attached hydrogens (tertiary/aromatic N) is 1. The number of aliphatic imine (C=N–C) groups is 1.